The maximum absolute atomic E-state index is 14.1. The molecule has 3 N–H and O–H groups in total. The first-order valence-electron chi connectivity index (χ1n) is 9.67. The van der Waals surface area contributed by atoms with E-state index in [1.54, 1.807) is 24.5 Å². The van der Waals surface area contributed by atoms with Crippen molar-refractivity contribution in [3.63, 3.8) is 0 Å². The number of alkyl halides is 1. The number of hydrogen-bond donors (Lipinski definition) is 3. The fourth-order valence-electron chi connectivity index (χ4n) is 2.68. The summed E-state index contributed by atoms with van der Waals surface area (Å²) in [6.45, 7) is 5.29. The Morgan fingerprint density at radius 2 is 2.26 bits per heavy atom. The zero-order valence-corrected chi connectivity index (χ0v) is 19.5. The third-order valence-corrected chi connectivity index (χ3v) is 5.08. The Hall–Kier alpha value is -2.20. The number of aromatic nitrogens is 2. The molecule has 10 heteroatoms. The molecule has 0 bridgehead atoms. The number of anilines is 1. The van der Waals surface area contributed by atoms with Crippen molar-refractivity contribution >= 4 is 51.8 Å². The molecule has 168 valence electrons. The van der Waals surface area contributed by atoms with Gasteiger partial charge in [0.05, 0.1) is 52.2 Å². The minimum Gasteiger partial charge on any atom is -0.394 e. The first-order valence-corrected chi connectivity index (χ1v) is 10.8. The Bertz CT molecular complexity index is 1040. The third-order valence-electron chi connectivity index (χ3n) is 4.27. The third kappa shape index (κ3) is 7.17. The van der Waals surface area contributed by atoms with Crippen LogP contribution in [0.4, 0.5) is 10.1 Å². The average molecular weight is 516 g/mol. The van der Waals surface area contributed by atoms with Crippen molar-refractivity contribution in [1.29, 1.82) is 0 Å². The lowest BCUT2D eigenvalue weighted by molar-refractivity contribution is -0.129. The lowest BCUT2D eigenvalue weighted by Gasteiger charge is -2.14. The van der Waals surface area contributed by atoms with Crippen LogP contribution in [0.1, 0.15) is 19.8 Å². The van der Waals surface area contributed by atoms with Gasteiger partial charge in [-0.3, -0.25) is 9.63 Å². The van der Waals surface area contributed by atoms with Crippen LogP contribution in [-0.4, -0.2) is 40.5 Å². The topological polar surface area (TPSA) is 88.4 Å². The van der Waals surface area contributed by atoms with Crippen molar-refractivity contribution in [2.75, 3.05) is 25.2 Å². The van der Waals surface area contributed by atoms with E-state index < -0.39 is 12.6 Å². The van der Waals surface area contributed by atoms with Crippen LogP contribution in [0.2, 0.25) is 5.02 Å². The maximum Gasteiger partial charge on any atom is 0.276 e. The van der Waals surface area contributed by atoms with Crippen molar-refractivity contribution in [2.24, 2.45) is 0 Å². The van der Waals surface area contributed by atoms with Gasteiger partial charge in [-0.25, -0.2) is 14.9 Å². The molecule has 0 atom stereocenters. The van der Waals surface area contributed by atoms with Crippen LogP contribution >= 0.6 is 27.5 Å². The van der Waals surface area contributed by atoms with Gasteiger partial charge in [0.2, 0.25) is 0 Å². The summed E-state index contributed by atoms with van der Waals surface area (Å²) in [7, 11) is 0. The van der Waals surface area contributed by atoms with Crippen LogP contribution in [0.25, 0.3) is 12.7 Å². The quantitative estimate of drug-likeness (QED) is 0.243. The van der Waals surface area contributed by atoms with Gasteiger partial charge >= 0.3 is 0 Å². The van der Waals surface area contributed by atoms with E-state index in [9.17, 15) is 9.18 Å². The molecule has 0 saturated carbocycles. The van der Waals surface area contributed by atoms with Crippen molar-refractivity contribution in [2.45, 2.75) is 26.3 Å². The molecule has 0 saturated heterocycles. The molecule has 0 aliphatic rings. The van der Waals surface area contributed by atoms with Crippen molar-refractivity contribution in [3.05, 3.63) is 56.0 Å². The minimum absolute atomic E-state index is 0.0115. The van der Waals surface area contributed by atoms with Crippen molar-refractivity contribution in [3.8, 4) is 0 Å². The highest BCUT2D eigenvalue weighted by Crippen LogP contribution is 2.27. The van der Waals surface area contributed by atoms with E-state index >= 15 is 0 Å². The Morgan fingerprint density at radius 1 is 1.48 bits per heavy atom. The van der Waals surface area contributed by atoms with Gasteiger partial charge in [-0.2, -0.15) is 0 Å². The highest BCUT2D eigenvalue weighted by molar-refractivity contribution is 9.10. The van der Waals surface area contributed by atoms with Gasteiger partial charge < -0.3 is 15.0 Å². The standard InChI is InChI=1S/C21H25BrClFN4O3/c1-3-4-7-28-13-25-14(2)20(28)11-16(21(30)27-31-9-8-29)19(12-24)26-18-6-5-15(22)10-17(18)23/h5-6,10-11,13,26,29H,2-4,7-9,12H2,1H3,(H,27,30)/b19-16-,20-11+. The molecule has 1 aromatic carbocycles. The highest BCUT2D eigenvalue weighted by atomic mass is 79.9. The number of aryl methyl sites for hydroxylation is 1. The molecule has 0 fully saturated rings. The number of imidazole rings is 1. The van der Waals surface area contributed by atoms with Crippen LogP contribution in [0.5, 0.6) is 0 Å². The molecule has 1 heterocycles. The lowest BCUT2D eigenvalue weighted by atomic mass is 10.1. The smallest absolute Gasteiger partial charge is 0.276 e. The summed E-state index contributed by atoms with van der Waals surface area (Å²) < 4.78 is 16.7. The molecule has 1 amide bonds. The van der Waals surface area contributed by atoms with Crippen LogP contribution in [0, 0.1) is 0 Å². The number of allylic oxidation sites excluding steroid dienone is 1. The molecule has 2 rings (SSSR count). The normalized spacial score (nSPS) is 12.6. The number of benzene rings is 1. The van der Waals surface area contributed by atoms with Crippen LogP contribution in [-0.2, 0) is 16.2 Å². The second-order valence-electron chi connectivity index (χ2n) is 6.55. The summed E-state index contributed by atoms with van der Waals surface area (Å²) >= 11 is 9.56. The number of aliphatic hydroxyl groups is 1. The summed E-state index contributed by atoms with van der Waals surface area (Å²) in [5.41, 5.74) is 2.62. The molecule has 0 unspecified atom stereocenters. The molecule has 2 aromatic rings. The van der Waals surface area contributed by atoms with Gasteiger partial charge in [-0.15, -0.1) is 0 Å². The molecule has 0 aliphatic carbocycles. The Balaban J connectivity index is 2.56. The summed E-state index contributed by atoms with van der Waals surface area (Å²) in [6, 6.07) is 5.06. The average Bonchev–Trinajstić information content (AvgIpc) is 3.09. The lowest BCUT2D eigenvalue weighted by Crippen LogP contribution is -2.33. The number of halogens is 3. The van der Waals surface area contributed by atoms with Crippen molar-refractivity contribution < 1.29 is 19.1 Å². The van der Waals surface area contributed by atoms with Gasteiger partial charge in [0.15, 0.2) is 0 Å². The van der Waals surface area contributed by atoms with Gasteiger partial charge in [0, 0.05) is 11.0 Å². The number of unbranched alkanes of at least 4 members (excludes halogenated alkanes) is 1. The summed E-state index contributed by atoms with van der Waals surface area (Å²) in [5, 5.41) is 13.2. The molecular weight excluding hydrogens is 491 g/mol. The minimum atomic E-state index is -0.971. The maximum atomic E-state index is 14.1. The van der Waals surface area contributed by atoms with E-state index in [2.05, 4.69) is 45.2 Å². The first kappa shape index (κ1) is 25.1. The summed E-state index contributed by atoms with van der Waals surface area (Å²) in [4.78, 5) is 21.9. The number of nitrogens with one attached hydrogen (secondary N) is 2. The monoisotopic (exact) mass is 514 g/mol. The molecular formula is C21H25BrClFN4O3. The van der Waals surface area contributed by atoms with Crippen LogP contribution < -0.4 is 21.5 Å². The predicted molar refractivity (Wildman–Crippen MR) is 123 cm³/mol. The SMILES string of the molecule is C=c1ncn(CCCC)/c1=C/C(C(=O)NOCCO)=C(\CF)Nc1ccc(Br)cc1Cl. The fraction of sp³-hybridized carbons (Fsp3) is 0.333. The number of carbonyl (C=O) groups excluding carboxylic acids is 1. The number of carbonyl (C=O) groups is 1. The van der Waals surface area contributed by atoms with Gasteiger partial charge in [0.1, 0.15) is 6.67 Å². The van der Waals surface area contributed by atoms with E-state index in [0.29, 0.717) is 28.0 Å². The number of rotatable bonds is 11. The second-order valence-corrected chi connectivity index (χ2v) is 7.87. The summed E-state index contributed by atoms with van der Waals surface area (Å²) in [6.07, 6.45) is 5.03. The zero-order valence-electron chi connectivity index (χ0n) is 17.1. The van der Waals surface area contributed by atoms with E-state index in [0.717, 1.165) is 17.3 Å². The predicted octanol–water partition coefficient (Wildman–Crippen LogP) is 2.67. The largest absolute Gasteiger partial charge is 0.394 e. The van der Waals surface area contributed by atoms with E-state index in [1.165, 1.54) is 6.08 Å². The Morgan fingerprint density at radius 3 is 2.90 bits per heavy atom. The van der Waals surface area contributed by atoms with E-state index in [-0.39, 0.29) is 24.5 Å². The fourth-order valence-corrected chi connectivity index (χ4v) is 3.40. The molecule has 0 spiro atoms. The number of aliphatic hydroxyl groups excluding tert-OH is 1. The molecule has 0 aliphatic heterocycles. The molecule has 7 nitrogen and oxygen atoms in total. The van der Waals surface area contributed by atoms with Gasteiger partial charge in [-0.1, -0.05) is 47.5 Å². The number of hydrogen-bond acceptors (Lipinski definition) is 5. The molecule has 31 heavy (non-hydrogen) atoms. The van der Waals surface area contributed by atoms with E-state index in [4.69, 9.17) is 21.5 Å². The van der Waals surface area contributed by atoms with Gasteiger partial charge in [0.25, 0.3) is 5.91 Å². The highest BCUT2D eigenvalue weighted by Gasteiger charge is 2.16. The molecule has 0 radical (unpaired) electrons. The van der Waals surface area contributed by atoms with Crippen LogP contribution in [0.15, 0.2) is 40.3 Å². The van der Waals surface area contributed by atoms with Crippen LogP contribution in [0.3, 0.4) is 0 Å². The molecule has 1 aromatic heterocycles. The summed E-state index contributed by atoms with van der Waals surface area (Å²) in [5.74, 6) is -0.690. The zero-order chi connectivity index (χ0) is 22.8. The Labute approximate surface area is 193 Å². The first-order chi connectivity index (χ1) is 14.9. The van der Waals surface area contributed by atoms with Gasteiger partial charge in [-0.05, 0) is 30.7 Å². The van der Waals surface area contributed by atoms with Crippen molar-refractivity contribution in [1.82, 2.24) is 15.0 Å². The number of hydroxylamine groups is 1. The second kappa shape index (κ2) is 12.6. The Kier molecular flexibility index (Phi) is 10.2. The van der Waals surface area contributed by atoms with E-state index in [1.807, 2.05) is 4.57 Å². The number of nitrogens with zero attached hydrogens (tertiary/aromatic N) is 2. The number of amides is 1.